The van der Waals surface area contributed by atoms with E-state index < -0.39 is 11.9 Å². The van der Waals surface area contributed by atoms with Gasteiger partial charge in [0.05, 0.1) is 24.6 Å². The van der Waals surface area contributed by atoms with Crippen LogP contribution in [0.3, 0.4) is 0 Å². The van der Waals surface area contributed by atoms with Crippen molar-refractivity contribution in [3.05, 3.63) is 60.6 Å². The Morgan fingerprint density at radius 2 is 1.58 bits per heavy atom. The van der Waals surface area contributed by atoms with Gasteiger partial charge in [-0.1, -0.05) is 12.1 Å². The number of carbonyl (C=O) groups excluding carboxylic acids is 2. The van der Waals surface area contributed by atoms with Crippen molar-refractivity contribution in [2.24, 2.45) is 0 Å². The first kappa shape index (κ1) is 17.3. The van der Waals surface area contributed by atoms with Crippen LogP contribution in [0, 0.1) is 0 Å². The van der Waals surface area contributed by atoms with E-state index in [0.29, 0.717) is 0 Å². The standard InChI is InChI=1S/C18H20N2O4/c1-3-23-17(21)14(18(22)24-4-2)13-19-15-9-5-6-10-16(15)20-11-7-8-12-20/h5-13,19H,3-4H2,1-2H3. The number of esters is 2. The predicted molar refractivity (Wildman–Crippen MR) is 90.7 cm³/mol. The molecule has 0 amide bonds. The van der Waals surface area contributed by atoms with Crippen molar-refractivity contribution in [2.45, 2.75) is 13.8 Å². The van der Waals surface area contributed by atoms with Crippen LogP contribution >= 0.6 is 0 Å². The van der Waals surface area contributed by atoms with Gasteiger partial charge in [-0.2, -0.15) is 0 Å². The van der Waals surface area contributed by atoms with Crippen LogP contribution in [0.5, 0.6) is 0 Å². The van der Waals surface area contributed by atoms with Crippen LogP contribution in [0.1, 0.15) is 13.8 Å². The number of rotatable bonds is 7. The van der Waals surface area contributed by atoms with Crippen molar-refractivity contribution in [3.63, 3.8) is 0 Å². The number of benzene rings is 1. The van der Waals surface area contributed by atoms with E-state index in [2.05, 4.69) is 5.32 Å². The number of carbonyl (C=O) groups is 2. The van der Waals surface area contributed by atoms with Gasteiger partial charge in [0.25, 0.3) is 0 Å². The number of nitrogens with zero attached hydrogens (tertiary/aromatic N) is 1. The molecule has 0 spiro atoms. The largest absolute Gasteiger partial charge is 0.462 e. The third-order valence-electron chi connectivity index (χ3n) is 3.15. The lowest BCUT2D eigenvalue weighted by atomic mass is 10.2. The Morgan fingerprint density at radius 3 is 2.17 bits per heavy atom. The molecule has 24 heavy (non-hydrogen) atoms. The van der Waals surface area contributed by atoms with E-state index in [-0.39, 0.29) is 18.8 Å². The molecule has 2 rings (SSSR count). The highest BCUT2D eigenvalue weighted by atomic mass is 16.6. The normalized spacial score (nSPS) is 9.92. The molecule has 0 aliphatic carbocycles. The van der Waals surface area contributed by atoms with Gasteiger partial charge < -0.3 is 19.4 Å². The Balaban J connectivity index is 2.29. The van der Waals surface area contributed by atoms with Crippen molar-refractivity contribution in [3.8, 4) is 5.69 Å². The number of ether oxygens (including phenoxy) is 2. The highest BCUT2D eigenvalue weighted by Crippen LogP contribution is 2.20. The summed E-state index contributed by atoms with van der Waals surface area (Å²) in [6.45, 7) is 3.70. The van der Waals surface area contributed by atoms with E-state index in [1.165, 1.54) is 6.20 Å². The Labute approximate surface area is 140 Å². The average Bonchev–Trinajstić information content (AvgIpc) is 3.10. The molecule has 0 fully saturated rings. The molecule has 2 aromatic rings. The summed E-state index contributed by atoms with van der Waals surface area (Å²) in [7, 11) is 0. The van der Waals surface area contributed by atoms with Gasteiger partial charge in [0.15, 0.2) is 5.57 Å². The van der Waals surface area contributed by atoms with Gasteiger partial charge in [-0.25, -0.2) is 9.59 Å². The molecule has 0 atom stereocenters. The zero-order chi connectivity index (χ0) is 17.4. The Hall–Kier alpha value is -3.02. The first-order valence-corrected chi connectivity index (χ1v) is 7.70. The molecule has 126 valence electrons. The minimum Gasteiger partial charge on any atom is -0.462 e. The maximum atomic E-state index is 12.0. The maximum Gasteiger partial charge on any atom is 0.347 e. The second kappa shape index (κ2) is 8.57. The summed E-state index contributed by atoms with van der Waals surface area (Å²) < 4.78 is 11.7. The summed E-state index contributed by atoms with van der Waals surface area (Å²) in [6.07, 6.45) is 5.13. The summed E-state index contributed by atoms with van der Waals surface area (Å²) in [5, 5.41) is 3.00. The lowest BCUT2D eigenvalue weighted by molar-refractivity contribution is -0.146. The summed E-state index contributed by atoms with van der Waals surface area (Å²) in [4.78, 5) is 23.9. The maximum absolute atomic E-state index is 12.0. The Kier molecular flexibility index (Phi) is 6.19. The molecular weight excluding hydrogens is 308 g/mol. The van der Waals surface area contributed by atoms with Gasteiger partial charge in [-0.05, 0) is 38.1 Å². The number of nitrogens with one attached hydrogen (secondary N) is 1. The van der Waals surface area contributed by atoms with E-state index in [9.17, 15) is 9.59 Å². The summed E-state index contributed by atoms with van der Waals surface area (Å²) in [5.41, 5.74) is 1.44. The fraction of sp³-hybridized carbons (Fsp3) is 0.222. The van der Waals surface area contributed by atoms with Crippen LogP contribution in [0.25, 0.3) is 5.69 Å². The van der Waals surface area contributed by atoms with Crippen LogP contribution in [0.4, 0.5) is 5.69 Å². The monoisotopic (exact) mass is 328 g/mol. The molecule has 6 heteroatoms. The summed E-state index contributed by atoms with van der Waals surface area (Å²) in [5.74, 6) is -1.44. The minimum absolute atomic E-state index is 0.176. The van der Waals surface area contributed by atoms with Gasteiger partial charge in [0, 0.05) is 18.6 Å². The molecule has 0 unspecified atom stereocenters. The number of aromatic nitrogens is 1. The van der Waals surface area contributed by atoms with Crippen LogP contribution in [0.2, 0.25) is 0 Å². The van der Waals surface area contributed by atoms with Crippen molar-refractivity contribution in [1.29, 1.82) is 0 Å². The van der Waals surface area contributed by atoms with E-state index in [4.69, 9.17) is 9.47 Å². The second-order valence-electron chi connectivity index (χ2n) is 4.75. The molecule has 0 aliphatic rings. The zero-order valence-corrected chi connectivity index (χ0v) is 13.7. The molecule has 1 aromatic carbocycles. The first-order valence-electron chi connectivity index (χ1n) is 7.70. The van der Waals surface area contributed by atoms with Crippen molar-refractivity contribution >= 4 is 17.6 Å². The summed E-state index contributed by atoms with van der Waals surface area (Å²) >= 11 is 0. The van der Waals surface area contributed by atoms with Crippen molar-refractivity contribution in [1.82, 2.24) is 4.57 Å². The van der Waals surface area contributed by atoms with Crippen molar-refractivity contribution in [2.75, 3.05) is 18.5 Å². The number of anilines is 1. The highest BCUT2D eigenvalue weighted by Gasteiger charge is 2.21. The van der Waals surface area contributed by atoms with Crippen LogP contribution < -0.4 is 5.32 Å². The number of hydrogen-bond acceptors (Lipinski definition) is 5. The molecule has 1 aromatic heterocycles. The Morgan fingerprint density at radius 1 is 1.00 bits per heavy atom. The zero-order valence-electron chi connectivity index (χ0n) is 13.7. The Bertz CT molecular complexity index is 700. The third kappa shape index (κ3) is 4.25. The molecule has 0 saturated carbocycles. The lowest BCUT2D eigenvalue weighted by Gasteiger charge is -2.12. The van der Waals surface area contributed by atoms with E-state index in [1.807, 2.05) is 53.4 Å². The van der Waals surface area contributed by atoms with Crippen LogP contribution in [-0.4, -0.2) is 29.7 Å². The number of hydrogen-bond donors (Lipinski definition) is 1. The lowest BCUT2D eigenvalue weighted by Crippen LogP contribution is -2.19. The van der Waals surface area contributed by atoms with E-state index >= 15 is 0 Å². The summed E-state index contributed by atoms with van der Waals surface area (Å²) in [6, 6.07) is 11.4. The molecule has 0 bridgehead atoms. The van der Waals surface area contributed by atoms with Gasteiger partial charge in [-0.15, -0.1) is 0 Å². The first-order chi connectivity index (χ1) is 11.7. The molecule has 0 radical (unpaired) electrons. The molecule has 0 saturated heterocycles. The third-order valence-corrected chi connectivity index (χ3v) is 3.15. The average molecular weight is 328 g/mol. The predicted octanol–water partition coefficient (Wildman–Crippen LogP) is 2.90. The number of para-hydroxylation sites is 2. The van der Waals surface area contributed by atoms with Crippen LogP contribution in [0.15, 0.2) is 60.6 Å². The topological polar surface area (TPSA) is 69.6 Å². The fourth-order valence-electron chi connectivity index (χ4n) is 2.08. The SMILES string of the molecule is CCOC(=O)C(=CNc1ccccc1-n1cccc1)C(=O)OCC. The highest BCUT2D eigenvalue weighted by molar-refractivity contribution is 6.14. The quantitative estimate of drug-likeness (QED) is 0.366. The van der Waals surface area contributed by atoms with Crippen LogP contribution in [-0.2, 0) is 19.1 Å². The molecule has 0 aliphatic heterocycles. The molecule has 1 N–H and O–H groups in total. The van der Waals surface area contributed by atoms with Gasteiger partial charge in [0.2, 0.25) is 0 Å². The molecular formula is C18H20N2O4. The minimum atomic E-state index is -0.720. The van der Waals surface area contributed by atoms with Crippen molar-refractivity contribution < 1.29 is 19.1 Å². The van der Waals surface area contributed by atoms with Gasteiger partial charge in [-0.3, -0.25) is 0 Å². The van der Waals surface area contributed by atoms with E-state index in [1.54, 1.807) is 13.8 Å². The van der Waals surface area contributed by atoms with E-state index in [0.717, 1.165) is 11.4 Å². The second-order valence-corrected chi connectivity index (χ2v) is 4.75. The fourth-order valence-corrected chi connectivity index (χ4v) is 2.08. The van der Waals surface area contributed by atoms with Gasteiger partial charge >= 0.3 is 11.9 Å². The molecule has 6 nitrogen and oxygen atoms in total. The van der Waals surface area contributed by atoms with Gasteiger partial charge in [0.1, 0.15) is 0 Å². The molecule has 1 heterocycles. The smallest absolute Gasteiger partial charge is 0.347 e.